The molecule has 1 aromatic heterocycles. The third-order valence-electron chi connectivity index (χ3n) is 2.98. The van der Waals surface area contributed by atoms with E-state index >= 15 is 0 Å². The highest BCUT2D eigenvalue weighted by molar-refractivity contribution is 5.96. The largest absolute Gasteiger partial charge is 0.507 e. The van der Waals surface area contributed by atoms with Crippen LogP contribution in [0.5, 0.6) is 5.75 Å². The first-order chi connectivity index (χ1) is 9.59. The maximum absolute atomic E-state index is 13.6. The van der Waals surface area contributed by atoms with Crippen LogP contribution >= 0.6 is 0 Å². The minimum atomic E-state index is -0.723. The molecular formula is C15H15FN2O2. The predicted octanol–water partition coefficient (Wildman–Crippen LogP) is 2.24. The first-order valence-corrected chi connectivity index (χ1v) is 6.22. The average molecular weight is 274 g/mol. The van der Waals surface area contributed by atoms with E-state index in [1.807, 2.05) is 18.2 Å². The maximum Gasteiger partial charge on any atom is 0.260 e. The Labute approximate surface area is 116 Å². The van der Waals surface area contributed by atoms with E-state index in [1.54, 1.807) is 13.2 Å². The summed E-state index contributed by atoms with van der Waals surface area (Å²) < 4.78 is 13.6. The average Bonchev–Trinajstić information content (AvgIpc) is 2.45. The number of phenolic OH excluding ortho intramolecular Hbond substituents is 1. The fourth-order valence-electron chi connectivity index (χ4n) is 1.85. The minimum absolute atomic E-state index is 0.295. The van der Waals surface area contributed by atoms with Crippen molar-refractivity contribution in [3.63, 3.8) is 0 Å². The van der Waals surface area contributed by atoms with Crippen molar-refractivity contribution in [2.75, 3.05) is 13.6 Å². The van der Waals surface area contributed by atoms with Crippen LogP contribution in [0.25, 0.3) is 0 Å². The van der Waals surface area contributed by atoms with E-state index in [2.05, 4.69) is 4.98 Å². The molecule has 0 radical (unpaired) electrons. The Balaban J connectivity index is 2.06. The maximum atomic E-state index is 13.6. The quantitative estimate of drug-likeness (QED) is 0.930. The molecule has 0 saturated carbocycles. The van der Waals surface area contributed by atoms with E-state index in [9.17, 15) is 14.3 Å². The summed E-state index contributed by atoms with van der Waals surface area (Å²) >= 11 is 0. The lowest BCUT2D eigenvalue weighted by atomic mass is 10.1. The summed E-state index contributed by atoms with van der Waals surface area (Å²) in [6.45, 7) is 0.392. The molecule has 0 fully saturated rings. The van der Waals surface area contributed by atoms with Gasteiger partial charge in [0.25, 0.3) is 5.91 Å². The van der Waals surface area contributed by atoms with Crippen LogP contribution in [0, 0.1) is 5.82 Å². The number of rotatable bonds is 4. The van der Waals surface area contributed by atoms with Crippen molar-refractivity contribution >= 4 is 5.91 Å². The summed E-state index contributed by atoms with van der Waals surface area (Å²) in [5, 5.41) is 9.60. The van der Waals surface area contributed by atoms with Crippen LogP contribution in [0.15, 0.2) is 42.6 Å². The molecule has 1 heterocycles. The van der Waals surface area contributed by atoms with Gasteiger partial charge in [0.2, 0.25) is 0 Å². The molecule has 104 valence electrons. The van der Waals surface area contributed by atoms with Crippen LogP contribution in [0.2, 0.25) is 0 Å². The molecule has 5 heteroatoms. The van der Waals surface area contributed by atoms with Crippen LogP contribution in [0.3, 0.4) is 0 Å². The Kier molecular flexibility index (Phi) is 4.30. The number of aromatic hydroxyl groups is 1. The Morgan fingerprint density at radius 1 is 1.30 bits per heavy atom. The smallest absolute Gasteiger partial charge is 0.260 e. The third-order valence-corrected chi connectivity index (χ3v) is 2.98. The van der Waals surface area contributed by atoms with Crippen molar-refractivity contribution in [1.29, 1.82) is 0 Å². The summed E-state index contributed by atoms with van der Waals surface area (Å²) in [6, 6.07) is 9.35. The molecule has 0 unspecified atom stereocenters. The second-order valence-electron chi connectivity index (χ2n) is 4.43. The highest BCUT2D eigenvalue weighted by atomic mass is 19.1. The predicted molar refractivity (Wildman–Crippen MR) is 73.0 cm³/mol. The van der Waals surface area contributed by atoms with Gasteiger partial charge >= 0.3 is 0 Å². The molecule has 2 rings (SSSR count). The van der Waals surface area contributed by atoms with Crippen molar-refractivity contribution in [2.45, 2.75) is 6.42 Å². The van der Waals surface area contributed by atoms with Crippen molar-refractivity contribution < 1.29 is 14.3 Å². The fraction of sp³-hybridized carbons (Fsp3) is 0.200. The highest BCUT2D eigenvalue weighted by Gasteiger charge is 2.19. The van der Waals surface area contributed by atoms with Gasteiger partial charge in [-0.3, -0.25) is 9.78 Å². The zero-order valence-corrected chi connectivity index (χ0v) is 11.1. The number of nitrogens with zero attached hydrogens (tertiary/aromatic N) is 2. The first kappa shape index (κ1) is 14.0. The van der Waals surface area contributed by atoms with E-state index in [4.69, 9.17) is 0 Å². The van der Waals surface area contributed by atoms with Crippen molar-refractivity contribution in [3.8, 4) is 5.75 Å². The normalized spacial score (nSPS) is 10.3. The SMILES string of the molecule is CN(CCc1ccccn1)C(=O)c1c(O)cccc1F. The molecule has 0 bridgehead atoms. The molecule has 0 aliphatic carbocycles. The lowest BCUT2D eigenvalue weighted by Crippen LogP contribution is -2.29. The van der Waals surface area contributed by atoms with Gasteiger partial charge in [-0.05, 0) is 24.3 Å². The van der Waals surface area contributed by atoms with Gasteiger partial charge in [0.1, 0.15) is 17.1 Å². The Bertz CT molecular complexity index is 582. The van der Waals surface area contributed by atoms with Crippen LogP contribution in [0.4, 0.5) is 4.39 Å². The van der Waals surface area contributed by atoms with Crippen LogP contribution < -0.4 is 0 Å². The summed E-state index contributed by atoms with van der Waals surface area (Å²) in [5.41, 5.74) is 0.556. The second-order valence-corrected chi connectivity index (χ2v) is 4.43. The number of phenols is 1. The number of benzene rings is 1. The molecule has 1 amide bonds. The van der Waals surface area contributed by atoms with Crippen LogP contribution in [0.1, 0.15) is 16.1 Å². The number of carbonyl (C=O) groups excluding carboxylic acids is 1. The van der Waals surface area contributed by atoms with E-state index in [0.29, 0.717) is 13.0 Å². The van der Waals surface area contributed by atoms with Gasteiger partial charge in [0.05, 0.1) is 0 Å². The number of halogens is 1. The zero-order chi connectivity index (χ0) is 14.5. The molecule has 0 spiro atoms. The van der Waals surface area contributed by atoms with Gasteiger partial charge in [-0.2, -0.15) is 0 Å². The molecular weight excluding hydrogens is 259 g/mol. The van der Waals surface area contributed by atoms with Gasteiger partial charge in [-0.1, -0.05) is 12.1 Å². The molecule has 0 aliphatic heterocycles. The number of hydrogen-bond donors (Lipinski definition) is 1. The zero-order valence-electron chi connectivity index (χ0n) is 11.1. The summed E-state index contributed by atoms with van der Waals surface area (Å²) in [6.07, 6.45) is 2.25. The van der Waals surface area contributed by atoms with E-state index in [-0.39, 0.29) is 11.3 Å². The van der Waals surface area contributed by atoms with Gasteiger partial charge in [-0.15, -0.1) is 0 Å². The molecule has 0 aliphatic rings. The van der Waals surface area contributed by atoms with Crippen LogP contribution in [-0.2, 0) is 6.42 Å². The van der Waals surface area contributed by atoms with Gasteiger partial charge in [0, 0.05) is 31.9 Å². The van der Waals surface area contributed by atoms with E-state index in [0.717, 1.165) is 11.8 Å². The fourth-order valence-corrected chi connectivity index (χ4v) is 1.85. The molecule has 0 atom stereocenters. The third kappa shape index (κ3) is 3.12. The Morgan fingerprint density at radius 2 is 2.10 bits per heavy atom. The summed E-state index contributed by atoms with van der Waals surface area (Å²) in [7, 11) is 1.57. The molecule has 2 aromatic rings. The van der Waals surface area contributed by atoms with Crippen molar-refractivity contribution in [2.24, 2.45) is 0 Å². The standard InChI is InChI=1S/C15H15FN2O2/c1-18(10-8-11-5-2-3-9-17-11)15(20)14-12(16)6-4-7-13(14)19/h2-7,9,19H,8,10H2,1H3. The van der Waals surface area contributed by atoms with E-state index < -0.39 is 11.7 Å². The molecule has 1 N–H and O–H groups in total. The highest BCUT2D eigenvalue weighted by Crippen LogP contribution is 2.21. The Morgan fingerprint density at radius 3 is 2.75 bits per heavy atom. The number of aromatic nitrogens is 1. The summed E-state index contributed by atoms with van der Waals surface area (Å²) in [4.78, 5) is 17.6. The van der Waals surface area contributed by atoms with Crippen LogP contribution in [-0.4, -0.2) is 34.5 Å². The number of likely N-dealkylation sites (N-methyl/N-ethyl adjacent to an activating group) is 1. The number of pyridine rings is 1. The topological polar surface area (TPSA) is 53.4 Å². The molecule has 0 saturated heterocycles. The minimum Gasteiger partial charge on any atom is -0.507 e. The molecule has 4 nitrogen and oxygen atoms in total. The van der Waals surface area contributed by atoms with Gasteiger partial charge in [0.15, 0.2) is 0 Å². The first-order valence-electron chi connectivity index (χ1n) is 6.22. The number of amides is 1. The Hall–Kier alpha value is -2.43. The lowest BCUT2D eigenvalue weighted by molar-refractivity contribution is 0.0788. The van der Waals surface area contributed by atoms with Crippen molar-refractivity contribution in [1.82, 2.24) is 9.88 Å². The van der Waals surface area contributed by atoms with Gasteiger partial charge in [-0.25, -0.2) is 4.39 Å². The molecule has 1 aromatic carbocycles. The summed E-state index contributed by atoms with van der Waals surface area (Å²) in [5.74, 6) is -1.61. The number of hydrogen-bond acceptors (Lipinski definition) is 3. The van der Waals surface area contributed by atoms with Gasteiger partial charge < -0.3 is 10.0 Å². The second kappa shape index (κ2) is 6.14. The van der Waals surface area contributed by atoms with Crippen molar-refractivity contribution in [3.05, 3.63) is 59.7 Å². The van der Waals surface area contributed by atoms with E-state index in [1.165, 1.54) is 17.0 Å². The monoisotopic (exact) mass is 274 g/mol. The lowest BCUT2D eigenvalue weighted by Gasteiger charge is -2.17. The molecule has 20 heavy (non-hydrogen) atoms. The number of carbonyl (C=O) groups is 1.